The van der Waals surface area contributed by atoms with Crippen LogP contribution in [0, 0.1) is 0 Å². The number of aromatic nitrogens is 1. The van der Waals surface area contributed by atoms with Crippen LogP contribution in [-0.4, -0.2) is 22.2 Å². The minimum Gasteiger partial charge on any atom is -0.488 e. The molecule has 5 heteroatoms. The summed E-state index contributed by atoms with van der Waals surface area (Å²) >= 11 is 0. The van der Waals surface area contributed by atoms with Crippen molar-refractivity contribution in [3.05, 3.63) is 28.7 Å². The standard InChI is InChI=1S/C11H15NO4/c1-3-8(11(14)15)12-7-5-6-9(10(12)13)16-4-2/h5-8H,3-4H2,1-2H3,(H,14,15). The fourth-order valence-electron chi connectivity index (χ4n) is 1.49. The first-order chi connectivity index (χ1) is 7.61. The number of hydrogen-bond donors (Lipinski definition) is 1. The lowest BCUT2D eigenvalue weighted by Gasteiger charge is -2.14. The van der Waals surface area contributed by atoms with E-state index in [0.29, 0.717) is 13.0 Å². The van der Waals surface area contributed by atoms with Gasteiger partial charge in [0, 0.05) is 6.20 Å². The van der Waals surface area contributed by atoms with E-state index in [1.54, 1.807) is 19.9 Å². The molecule has 0 amide bonds. The molecule has 0 aliphatic carbocycles. The highest BCUT2D eigenvalue weighted by atomic mass is 16.5. The SMILES string of the molecule is CCOc1cccn(C(CC)C(=O)O)c1=O. The zero-order chi connectivity index (χ0) is 12.1. The van der Waals surface area contributed by atoms with Crippen molar-refractivity contribution in [2.24, 2.45) is 0 Å². The molecule has 88 valence electrons. The van der Waals surface area contributed by atoms with Gasteiger partial charge < -0.3 is 9.84 Å². The Morgan fingerprint density at radius 3 is 2.75 bits per heavy atom. The molecular weight excluding hydrogens is 210 g/mol. The number of carbonyl (C=O) groups is 1. The highest BCUT2D eigenvalue weighted by Crippen LogP contribution is 2.11. The second-order valence-corrected chi connectivity index (χ2v) is 3.28. The highest BCUT2D eigenvalue weighted by molar-refractivity contribution is 5.71. The molecule has 16 heavy (non-hydrogen) atoms. The van der Waals surface area contributed by atoms with E-state index < -0.39 is 17.6 Å². The summed E-state index contributed by atoms with van der Waals surface area (Å²) in [5.74, 6) is -0.831. The smallest absolute Gasteiger partial charge is 0.326 e. The van der Waals surface area contributed by atoms with Crippen molar-refractivity contribution < 1.29 is 14.6 Å². The van der Waals surface area contributed by atoms with E-state index in [2.05, 4.69) is 0 Å². The summed E-state index contributed by atoms with van der Waals surface area (Å²) < 4.78 is 6.31. The summed E-state index contributed by atoms with van der Waals surface area (Å²) in [5, 5.41) is 8.97. The number of nitrogens with zero attached hydrogens (tertiary/aromatic N) is 1. The van der Waals surface area contributed by atoms with Gasteiger partial charge >= 0.3 is 5.97 Å². The summed E-state index contributed by atoms with van der Waals surface area (Å²) in [6, 6.07) is 2.31. The second kappa shape index (κ2) is 5.34. The zero-order valence-electron chi connectivity index (χ0n) is 9.34. The molecule has 1 aromatic rings. The fraction of sp³-hybridized carbons (Fsp3) is 0.455. The van der Waals surface area contributed by atoms with Crippen molar-refractivity contribution in [1.82, 2.24) is 4.57 Å². The molecule has 1 unspecified atom stereocenters. The van der Waals surface area contributed by atoms with Crippen LogP contribution in [0.1, 0.15) is 26.3 Å². The van der Waals surface area contributed by atoms with E-state index in [4.69, 9.17) is 9.84 Å². The summed E-state index contributed by atoms with van der Waals surface area (Å²) in [6.07, 6.45) is 1.82. The Balaban J connectivity index is 3.18. The molecule has 0 saturated carbocycles. The Labute approximate surface area is 93.3 Å². The Morgan fingerprint density at radius 1 is 1.56 bits per heavy atom. The number of hydrogen-bond acceptors (Lipinski definition) is 3. The molecule has 1 N–H and O–H groups in total. The van der Waals surface area contributed by atoms with Crippen LogP contribution in [-0.2, 0) is 4.79 Å². The summed E-state index contributed by atoms with van der Waals surface area (Å²) in [5.41, 5.74) is -0.404. The third-order valence-electron chi connectivity index (χ3n) is 2.25. The first-order valence-corrected chi connectivity index (χ1v) is 5.18. The van der Waals surface area contributed by atoms with Gasteiger partial charge in [-0.05, 0) is 25.5 Å². The zero-order valence-corrected chi connectivity index (χ0v) is 9.34. The van der Waals surface area contributed by atoms with Gasteiger partial charge in [-0.1, -0.05) is 6.92 Å². The largest absolute Gasteiger partial charge is 0.488 e. The molecule has 0 aromatic carbocycles. The molecule has 0 radical (unpaired) electrons. The van der Waals surface area contributed by atoms with Crippen LogP contribution in [0.4, 0.5) is 0 Å². The Hall–Kier alpha value is -1.78. The quantitative estimate of drug-likeness (QED) is 0.819. The summed E-state index contributed by atoms with van der Waals surface area (Å²) in [6.45, 7) is 3.87. The molecule has 1 heterocycles. The summed E-state index contributed by atoms with van der Waals surface area (Å²) in [4.78, 5) is 22.8. The van der Waals surface area contributed by atoms with E-state index >= 15 is 0 Å². The molecular formula is C11H15NO4. The van der Waals surface area contributed by atoms with Crippen LogP contribution in [0.25, 0.3) is 0 Å². The van der Waals surface area contributed by atoms with Crippen LogP contribution in [0.2, 0.25) is 0 Å². The summed E-state index contributed by atoms with van der Waals surface area (Å²) in [7, 11) is 0. The van der Waals surface area contributed by atoms with Crippen molar-refractivity contribution in [3.63, 3.8) is 0 Å². The minimum atomic E-state index is -1.02. The normalized spacial score (nSPS) is 12.1. The van der Waals surface area contributed by atoms with Gasteiger partial charge in [-0.2, -0.15) is 0 Å². The average Bonchev–Trinajstić information content (AvgIpc) is 2.24. The van der Waals surface area contributed by atoms with Crippen molar-refractivity contribution in [2.45, 2.75) is 26.3 Å². The van der Waals surface area contributed by atoms with Crippen molar-refractivity contribution in [3.8, 4) is 5.75 Å². The molecule has 1 rings (SSSR count). The van der Waals surface area contributed by atoms with Crippen LogP contribution in [0.3, 0.4) is 0 Å². The molecule has 1 aromatic heterocycles. The number of ether oxygens (including phenoxy) is 1. The van der Waals surface area contributed by atoms with Gasteiger partial charge in [-0.3, -0.25) is 9.36 Å². The van der Waals surface area contributed by atoms with Gasteiger partial charge in [-0.15, -0.1) is 0 Å². The van der Waals surface area contributed by atoms with Crippen molar-refractivity contribution >= 4 is 5.97 Å². The fourth-order valence-corrected chi connectivity index (χ4v) is 1.49. The predicted octanol–water partition coefficient (Wildman–Crippen LogP) is 1.28. The number of carboxylic acids is 1. The lowest BCUT2D eigenvalue weighted by molar-refractivity contribution is -0.141. The maximum absolute atomic E-state index is 11.8. The van der Waals surface area contributed by atoms with Crippen molar-refractivity contribution in [1.29, 1.82) is 0 Å². The number of rotatable bonds is 5. The van der Waals surface area contributed by atoms with E-state index in [1.807, 2.05) is 0 Å². The lowest BCUT2D eigenvalue weighted by atomic mass is 10.2. The van der Waals surface area contributed by atoms with E-state index in [1.165, 1.54) is 16.8 Å². The maximum Gasteiger partial charge on any atom is 0.326 e. The predicted molar refractivity (Wildman–Crippen MR) is 58.8 cm³/mol. The Morgan fingerprint density at radius 2 is 2.25 bits per heavy atom. The van der Waals surface area contributed by atoms with Gasteiger partial charge in [0.1, 0.15) is 6.04 Å². The van der Waals surface area contributed by atoms with Gasteiger partial charge in [0.15, 0.2) is 5.75 Å². The molecule has 0 aliphatic rings. The Kier molecular flexibility index (Phi) is 4.10. The average molecular weight is 225 g/mol. The van der Waals surface area contributed by atoms with Gasteiger partial charge in [0.25, 0.3) is 5.56 Å². The molecule has 0 aliphatic heterocycles. The topological polar surface area (TPSA) is 68.5 Å². The Bertz CT molecular complexity index is 424. The maximum atomic E-state index is 11.8. The van der Waals surface area contributed by atoms with Gasteiger partial charge in [0.2, 0.25) is 0 Å². The van der Waals surface area contributed by atoms with Crippen LogP contribution < -0.4 is 10.3 Å². The number of pyridine rings is 1. The third-order valence-corrected chi connectivity index (χ3v) is 2.25. The van der Waals surface area contributed by atoms with Crippen LogP contribution in [0.5, 0.6) is 5.75 Å². The third kappa shape index (κ3) is 2.42. The van der Waals surface area contributed by atoms with E-state index in [0.717, 1.165) is 0 Å². The molecule has 5 nitrogen and oxygen atoms in total. The minimum absolute atomic E-state index is 0.185. The van der Waals surface area contributed by atoms with Gasteiger partial charge in [-0.25, -0.2) is 4.79 Å². The second-order valence-electron chi connectivity index (χ2n) is 3.28. The monoisotopic (exact) mass is 225 g/mol. The van der Waals surface area contributed by atoms with Crippen LogP contribution >= 0.6 is 0 Å². The van der Waals surface area contributed by atoms with Crippen molar-refractivity contribution in [2.75, 3.05) is 6.61 Å². The molecule has 0 fully saturated rings. The van der Waals surface area contributed by atoms with E-state index in [-0.39, 0.29) is 5.75 Å². The highest BCUT2D eigenvalue weighted by Gasteiger charge is 2.19. The first kappa shape index (κ1) is 12.3. The van der Waals surface area contributed by atoms with E-state index in [9.17, 15) is 9.59 Å². The number of aliphatic carboxylic acids is 1. The molecule has 0 bridgehead atoms. The molecule has 0 spiro atoms. The first-order valence-electron chi connectivity index (χ1n) is 5.18. The van der Waals surface area contributed by atoms with Gasteiger partial charge in [0.05, 0.1) is 6.61 Å². The number of carboxylic acid groups (broad SMARTS) is 1. The molecule has 1 atom stereocenters. The van der Waals surface area contributed by atoms with Crippen LogP contribution in [0.15, 0.2) is 23.1 Å². The lowest BCUT2D eigenvalue weighted by Crippen LogP contribution is -2.29. The molecule has 0 saturated heterocycles.